The van der Waals surface area contributed by atoms with E-state index < -0.39 is 0 Å². The maximum Gasteiger partial charge on any atom is 0.254 e. The zero-order chi connectivity index (χ0) is 16.6. The van der Waals surface area contributed by atoms with Crippen molar-refractivity contribution in [3.8, 4) is 0 Å². The summed E-state index contributed by atoms with van der Waals surface area (Å²) >= 11 is 0. The van der Waals surface area contributed by atoms with Gasteiger partial charge in [0.25, 0.3) is 5.91 Å². The summed E-state index contributed by atoms with van der Waals surface area (Å²) in [5.74, 6) is 0.106. The Morgan fingerprint density at radius 2 is 2.13 bits per heavy atom. The van der Waals surface area contributed by atoms with Crippen molar-refractivity contribution in [2.24, 2.45) is 7.05 Å². The van der Waals surface area contributed by atoms with Crippen molar-refractivity contribution in [3.63, 3.8) is 0 Å². The van der Waals surface area contributed by atoms with E-state index in [2.05, 4.69) is 24.1 Å². The van der Waals surface area contributed by atoms with E-state index in [1.165, 1.54) is 5.56 Å². The lowest BCUT2D eigenvalue weighted by atomic mass is 10.0. The number of amides is 1. The Labute approximate surface area is 137 Å². The third-order valence-corrected chi connectivity index (χ3v) is 4.35. The molecule has 0 saturated heterocycles. The van der Waals surface area contributed by atoms with Crippen molar-refractivity contribution in [2.75, 3.05) is 20.6 Å². The van der Waals surface area contributed by atoms with Gasteiger partial charge in [-0.05, 0) is 39.6 Å². The molecule has 0 aliphatic carbocycles. The Balaban J connectivity index is 1.83. The minimum Gasteiger partial charge on any atom is -0.332 e. The number of carbonyl (C=O) groups excluding carboxylic acids is 1. The first-order chi connectivity index (χ1) is 11.0. The van der Waals surface area contributed by atoms with Gasteiger partial charge in [-0.2, -0.15) is 5.10 Å². The normalized spacial score (nSPS) is 14.2. The van der Waals surface area contributed by atoms with Gasteiger partial charge in [-0.1, -0.05) is 17.7 Å². The van der Waals surface area contributed by atoms with Crippen molar-refractivity contribution in [2.45, 2.75) is 26.4 Å². The second-order valence-electron chi connectivity index (χ2n) is 6.58. The highest BCUT2D eigenvalue weighted by Gasteiger charge is 2.27. The SMILES string of the molecule is Cc1cccc(C(=O)N2CCc3c(CN(C)C)nn(C)c3C2)c1. The fourth-order valence-corrected chi connectivity index (χ4v) is 3.22. The third-order valence-electron chi connectivity index (χ3n) is 4.35. The van der Waals surface area contributed by atoms with Crippen LogP contribution in [0.4, 0.5) is 0 Å². The minimum absolute atomic E-state index is 0.106. The highest BCUT2D eigenvalue weighted by atomic mass is 16.2. The number of rotatable bonds is 3. The topological polar surface area (TPSA) is 41.4 Å². The van der Waals surface area contributed by atoms with E-state index in [1.807, 2.05) is 47.8 Å². The van der Waals surface area contributed by atoms with E-state index in [1.54, 1.807) is 0 Å². The molecule has 1 aliphatic rings. The molecule has 0 unspecified atom stereocenters. The fourth-order valence-electron chi connectivity index (χ4n) is 3.22. The van der Waals surface area contributed by atoms with Gasteiger partial charge in [0.2, 0.25) is 0 Å². The number of aromatic nitrogens is 2. The zero-order valence-corrected chi connectivity index (χ0v) is 14.3. The molecule has 122 valence electrons. The summed E-state index contributed by atoms with van der Waals surface area (Å²) in [6.45, 7) is 4.25. The first-order valence-corrected chi connectivity index (χ1v) is 8.00. The monoisotopic (exact) mass is 312 g/mol. The van der Waals surface area contributed by atoms with E-state index >= 15 is 0 Å². The van der Waals surface area contributed by atoms with Crippen LogP contribution in [0.25, 0.3) is 0 Å². The highest BCUT2D eigenvalue weighted by molar-refractivity contribution is 5.94. The van der Waals surface area contributed by atoms with Crippen LogP contribution in [0.1, 0.15) is 32.9 Å². The summed E-state index contributed by atoms with van der Waals surface area (Å²) in [4.78, 5) is 16.8. The van der Waals surface area contributed by atoms with Gasteiger partial charge in [0.1, 0.15) is 0 Å². The van der Waals surface area contributed by atoms with Crippen LogP contribution in [-0.2, 0) is 26.6 Å². The molecule has 0 spiro atoms. The molecule has 5 nitrogen and oxygen atoms in total. The average Bonchev–Trinajstić information content (AvgIpc) is 2.81. The number of nitrogens with zero attached hydrogens (tertiary/aromatic N) is 4. The first-order valence-electron chi connectivity index (χ1n) is 8.00. The molecule has 0 fully saturated rings. The van der Waals surface area contributed by atoms with Crippen LogP contribution in [0.2, 0.25) is 0 Å². The van der Waals surface area contributed by atoms with Crippen LogP contribution in [0.15, 0.2) is 24.3 Å². The standard InChI is InChI=1S/C18H24N4O/c1-13-6-5-7-14(10-13)18(23)22-9-8-15-16(11-20(2)3)19-21(4)17(15)12-22/h5-7,10H,8-9,11-12H2,1-4H3. The van der Waals surface area contributed by atoms with Crippen molar-refractivity contribution >= 4 is 5.91 Å². The molecule has 0 N–H and O–H groups in total. The minimum atomic E-state index is 0.106. The molecular weight excluding hydrogens is 288 g/mol. The van der Waals surface area contributed by atoms with Crippen LogP contribution in [0.5, 0.6) is 0 Å². The van der Waals surface area contributed by atoms with Crippen LogP contribution in [0, 0.1) is 6.92 Å². The van der Waals surface area contributed by atoms with Crippen LogP contribution < -0.4 is 0 Å². The highest BCUT2D eigenvalue weighted by Crippen LogP contribution is 2.24. The van der Waals surface area contributed by atoms with Gasteiger partial charge < -0.3 is 9.80 Å². The van der Waals surface area contributed by atoms with E-state index in [0.29, 0.717) is 6.54 Å². The van der Waals surface area contributed by atoms with Crippen molar-refractivity contribution in [3.05, 3.63) is 52.3 Å². The van der Waals surface area contributed by atoms with Gasteiger partial charge in [-0.25, -0.2) is 0 Å². The number of aryl methyl sites for hydroxylation is 2. The van der Waals surface area contributed by atoms with Crippen molar-refractivity contribution in [1.82, 2.24) is 19.6 Å². The van der Waals surface area contributed by atoms with E-state index in [4.69, 9.17) is 0 Å². The molecule has 2 heterocycles. The molecule has 1 aromatic heterocycles. The molecule has 5 heteroatoms. The summed E-state index contributed by atoms with van der Waals surface area (Å²) in [5.41, 5.74) is 5.49. The molecule has 0 bridgehead atoms. The number of benzene rings is 1. The lowest BCUT2D eigenvalue weighted by Crippen LogP contribution is -2.36. The van der Waals surface area contributed by atoms with E-state index in [9.17, 15) is 4.79 Å². The summed E-state index contributed by atoms with van der Waals surface area (Å²) in [5, 5.41) is 4.65. The molecule has 1 aliphatic heterocycles. The molecule has 3 rings (SSSR count). The van der Waals surface area contributed by atoms with Gasteiger partial charge in [-0.3, -0.25) is 9.48 Å². The van der Waals surface area contributed by atoms with Gasteiger partial charge in [0.15, 0.2) is 0 Å². The molecule has 0 radical (unpaired) electrons. The molecule has 23 heavy (non-hydrogen) atoms. The summed E-state index contributed by atoms with van der Waals surface area (Å²) in [6, 6.07) is 7.81. The van der Waals surface area contributed by atoms with E-state index in [-0.39, 0.29) is 5.91 Å². The second kappa shape index (κ2) is 6.16. The Morgan fingerprint density at radius 3 is 2.83 bits per heavy atom. The number of fused-ring (bicyclic) bond motifs is 1. The lowest BCUT2D eigenvalue weighted by Gasteiger charge is -2.28. The maximum absolute atomic E-state index is 12.7. The number of carbonyl (C=O) groups is 1. The predicted octanol–water partition coefficient (Wildman–Crippen LogP) is 1.99. The molecule has 2 aromatic rings. The molecule has 1 aromatic carbocycles. The van der Waals surface area contributed by atoms with Gasteiger partial charge in [0.05, 0.1) is 17.9 Å². The molecule has 0 saturated carbocycles. The van der Waals surface area contributed by atoms with Crippen LogP contribution >= 0.6 is 0 Å². The number of hydrogen-bond donors (Lipinski definition) is 0. The summed E-state index contributed by atoms with van der Waals surface area (Å²) in [7, 11) is 6.08. The average molecular weight is 312 g/mol. The lowest BCUT2D eigenvalue weighted by molar-refractivity contribution is 0.0730. The Morgan fingerprint density at radius 1 is 1.35 bits per heavy atom. The van der Waals surface area contributed by atoms with Gasteiger partial charge >= 0.3 is 0 Å². The van der Waals surface area contributed by atoms with Crippen molar-refractivity contribution < 1.29 is 4.79 Å². The summed E-state index contributed by atoms with van der Waals surface area (Å²) < 4.78 is 1.93. The smallest absolute Gasteiger partial charge is 0.254 e. The fraction of sp³-hybridized carbons (Fsp3) is 0.444. The maximum atomic E-state index is 12.7. The molecular formula is C18H24N4O. The number of hydrogen-bond acceptors (Lipinski definition) is 3. The van der Waals surface area contributed by atoms with Crippen LogP contribution in [-0.4, -0.2) is 46.1 Å². The van der Waals surface area contributed by atoms with Gasteiger partial charge in [-0.15, -0.1) is 0 Å². The Bertz CT molecular complexity index is 733. The summed E-state index contributed by atoms with van der Waals surface area (Å²) in [6.07, 6.45) is 0.879. The van der Waals surface area contributed by atoms with Gasteiger partial charge in [0, 0.05) is 31.3 Å². The van der Waals surface area contributed by atoms with Crippen LogP contribution in [0.3, 0.4) is 0 Å². The third kappa shape index (κ3) is 3.15. The largest absolute Gasteiger partial charge is 0.332 e. The first kappa shape index (κ1) is 15.7. The predicted molar refractivity (Wildman–Crippen MR) is 90.2 cm³/mol. The molecule has 1 amide bonds. The second-order valence-corrected chi connectivity index (χ2v) is 6.58. The Hall–Kier alpha value is -2.14. The van der Waals surface area contributed by atoms with E-state index in [0.717, 1.165) is 42.0 Å². The van der Waals surface area contributed by atoms with Crippen molar-refractivity contribution in [1.29, 1.82) is 0 Å². The Kier molecular flexibility index (Phi) is 4.22. The molecule has 0 atom stereocenters. The quantitative estimate of drug-likeness (QED) is 0.870. The zero-order valence-electron chi connectivity index (χ0n) is 14.3.